The predicted octanol–water partition coefficient (Wildman–Crippen LogP) is 4.93. The number of rotatable bonds is 8. The van der Waals surface area contributed by atoms with Gasteiger partial charge in [-0.3, -0.25) is 0 Å². The summed E-state index contributed by atoms with van der Waals surface area (Å²) in [6.45, 7) is 5.10. The van der Waals surface area contributed by atoms with Gasteiger partial charge in [0.2, 0.25) is 0 Å². The summed E-state index contributed by atoms with van der Waals surface area (Å²) in [5.74, 6) is -0.341. The lowest BCUT2D eigenvalue weighted by Crippen LogP contribution is -2.25. The minimum Gasteiger partial charge on any atom is -0.310 e. The van der Waals surface area contributed by atoms with Crippen LogP contribution in [0.2, 0.25) is 5.02 Å². The lowest BCUT2D eigenvalue weighted by Gasteiger charge is -2.13. The van der Waals surface area contributed by atoms with Crippen molar-refractivity contribution in [1.82, 2.24) is 5.32 Å². The van der Waals surface area contributed by atoms with Crippen LogP contribution < -0.4 is 5.32 Å². The average Bonchev–Trinajstić information content (AvgIpc) is 2.36. The molecule has 0 aliphatic carbocycles. The van der Waals surface area contributed by atoms with Crippen molar-refractivity contribution in [2.75, 3.05) is 0 Å². The van der Waals surface area contributed by atoms with Gasteiger partial charge < -0.3 is 5.32 Å². The van der Waals surface area contributed by atoms with Gasteiger partial charge in [0.25, 0.3) is 0 Å². The molecule has 1 rings (SSSR count). The third-order valence-corrected chi connectivity index (χ3v) is 3.44. The molecule has 0 saturated carbocycles. The van der Waals surface area contributed by atoms with Gasteiger partial charge >= 0.3 is 0 Å². The van der Waals surface area contributed by atoms with Crippen LogP contribution >= 0.6 is 11.6 Å². The molecule has 0 heterocycles. The average molecular weight is 272 g/mol. The molecular formula is C15H23ClFN. The Morgan fingerprint density at radius 3 is 2.72 bits per heavy atom. The highest BCUT2D eigenvalue weighted by Gasteiger charge is 2.04. The van der Waals surface area contributed by atoms with E-state index < -0.39 is 0 Å². The van der Waals surface area contributed by atoms with Gasteiger partial charge in [0.1, 0.15) is 5.82 Å². The molecule has 0 fully saturated rings. The van der Waals surface area contributed by atoms with Crippen molar-refractivity contribution < 1.29 is 4.39 Å². The molecule has 0 aromatic heterocycles. The van der Waals surface area contributed by atoms with E-state index in [9.17, 15) is 4.39 Å². The Morgan fingerprint density at radius 1 is 1.28 bits per heavy atom. The molecule has 1 N–H and O–H groups in total. The summed E-state index contributed by atoms with van der Waals surface area (Å²) in [7, 11) is 0. The zero-order valence-electron chi connectivity index (χ0n) is 11.3. The first-order valence-corrected chi connectivity index (χ1v) is 7.18. The number of hydrogen-bond acceptors (Lipinski definition) is 1. The summed E-state index contributed by atoms with van der Waals surface area (Å²) >= 11 is 5.65. The molecule has 3 heteroatoms. The van der Waals surface area contributed by atoms with Crippen LogP contribution in [0.4, 0.5) is 4.39 Å². The second-order valence-electron chi connectivity index (χ2n) is 4.88. The molecule has 1 atom stereocenters. The summed E-state index contributed by atoms with van der Waals surface area (Å²) in [6.07, 6.45) is 6.33. The molecule has 1 aromatic rings. The summed E-state index contributed by atoms with van der Waals surface area (Å²) < 4.78 is 13.2. The third kappa shape index (κ3) is 5.83. The Kier molecular flexibility index (Phi) is 7.29. The molecule has 102 valence electrons. The fraction of sp³-hybridized carbons (Fsp3) is 0.600. The maximum Gasteiger partial charge on any atom is 0.142 e. The van der Waals surface area contributed by atoms with Crippen molar-refractivity contribution in [3.63, 3.8) is 0 Å². The van der Waals surface area contributed by atoms with Crippen LogP contribution in [-0.4, -0.2) is 6.04 Å². The monoisotopic (exact) mass is 271 g/mol. The Morgan fingerprint density at radius 2 is 2.06 bits per heavy atom. The van der Waals surface area contributed by atoms with Crippen molar-refractivity contribution in [2.45, 2.75) is 58.5 Å². The minimum absolute atomic E-state index is 0.186. The summed E-state index contributed by atoms with van der Waals surface area (Å²) in [5.41, 5.74) is 0.942. The van der Waals surface area contributed by atoms with E-state index in [1.807, 2.05) is 6.07 Å². The van der Waals surface area contributed by atoms with Crippen molar-refractivity contribution in [3.05, 3.63) is 34.6 Å². The van der Waals surface area contributed by atoms with Crippen LogP contribution in [0.5, 0.6) is 0 Å². The normalized spacial score (nSPS) is 12.7. The minimum atomic E-state index is -0.341. The third-order valence-electron chi connectivity index (χ3n) is 3.13. The Balaban J connectivity index is 2.24. The molecule has 1 unspecified atom stereocenters. The summed E-state index contributed by atoms with van der Waals surface area (Å²) in [4.78, 5) is 0. The fourth-order valence-electron chi connectivity index (χ4n) is 1.92. The predicted molar refractivity (Wildman–Crippen MR) is 76.5 cm³/mol. The lowest BCUT2D eigenvalue weighted by atomic mass is 10.1. The molecule has 0 amide bonds. The molecule has 1 aromatic carbocycles. The van der Waals surface area contributed by atoms with Crippen LogP contribution in [0.3, 0.4) is 0 Å². The lowest BCUT2D eigenvalue weighted by molar-refractivity contribution is 0.482. The number of unbranched alkanes of at least 4 members (excludes halogenated alkanes) is 3. The Hall–Kier alpha value is -0.600. The first kappa shape index (κ1) is 15.5. The van der Waals surface area contributed by atoms with E-state index in [1.54, 1.807) is 6.07 Å². The second-order valence-corrected chi connectivity index (χ2v) is 5.29. The topological polar surface area (TPSA) is 12.0 Å². The summed E-state index contributed by atoms with van der Waals surface area (Å²) in [6, 6.07) is 5.45. The van der Waals surface area contributed by atoms with Gasteiger partial charge in [0, 0.05) is 12.6 Å². The van der Waals surface area contributed by atoms with Crippen LogP contribution in [0.15, 0.2) is 18.2 Å². The SMILES string of the molecule is CCCCCCC(C)NCc1ccc(Cl)c(F)c1. The van der Waals surface area contributed by atoms with Gasteiger partial charge in [0.05, 0.1) is 5.02 Å². The molecule has 1 nitrogen and oxygen atoms in total. The van der Waals surface area contributed by atoms with Crippen molar-refractivity contribution >= 4 is 11.6 Å². The van der Waals surface area contributed by atoms with Gasteiger partial charge in [0.15, 0.2) is 0 Å². The van der Waals surface area contributed by atoms with E-state index in [1.165, 1.54) is 38.2 Å². The van der Waals surface area contributed by atoms with Crippen LogP contribution in [0.1, 0.15) is 51.5 Å². The van der Waals surface area contributed by atoms with Gasteiger partial charge in [-0.15, -0.1) is 0 Å². The highest BCUT2D eigenvalue weighted by molar-refractivity contribution is 6.30. The van der Waals surface area contributed by atoms with Gasteiger partial charge in [-0.1, -0.05) is 50.3 Å². The van der Waals surface area contributed by atoms with Crippen LogP contribution in [0, 0.1) is 5.82 Å². The van der Waals surface area contributed by atoms with Gasteiger partial charge in [-0.25, -0.2) is 4.39 Å². The van der Waals surface area contributed by atoms with Crippen molar-refractivity contribution in [3.8, 4) is 0 Å². The van der Waals surface area contributed by atoms with E-state index in [2.05, 4.69) is 19.2 Å². The largest absolute Gasteiger partial charge is 0.310 e. The molecule has 0 aliphatic heterocycles. The highest BCUT2D eigenvalue weighted by Crippen LogP contribution is 2.15. The zero-order valence-corrected chi connectivity index (χ0v) is 12.1. The van der Waals surface area contributed by atoms with Crippen LogP contribution in [0.25, 0.3) is 0 Å². The van der Waals surface area contributed by atoms with E-state index in [0.29, 0.717) is 12.6 Å². The van der Waals surface area contributed by atoms with E-state index in [4.69, 9.17) is 11.6 Å². The molecule has 0 radical (unpaired) electrons. The first-order valence-electron chi connectivity index (χ1n) is 6.80. The standard InChI is InChI=1S/C15H23ClFN/c1-3-4-5-6-7-12(2)18-11-13-8-9-14(16)15(17)10-13/h8-10,12,18H,3-7,11H2,1-2H3. The molecule has 0 saturated heterocycles. The van der Waals surface area contributed by atoms with Gasteiger partial charge in [-0.05, 0) is 31.0 Å². The molecule has 18 heavy (non-hydrogen) atoms. The number of halogens is 2. The maximum absolute atomic E-state index is 13.2. The highest BCUT2D eigenvalue weighted by atomic mass is 35.5. The molecular weight excluding hydrogens is 249 g/mol. The first-order chi connectivity index (χ1) is 8.63. The van der Waals surface area contributed by atoms with Gasteiger partial charge in [-0.2, -0.15) is 0 Å². The Bertz CT molecular complexity index is 354. The molecule has 0 spiro atoms. The van der Waals surface area contributed by atoms with E-state index in [-0.39, 0.29) is 10.8 Å². The molecule has 0 bridgehead atoms. The van der Waals surface area contributed by atoms with Crippen LogP contribution in [-0.2, 0) is 6.54 Å². The van der Waals surface area contributed by atoms with Crippen molar-refractivity contribution in [2.24, 2.45) is 0 Å². The molecule has 0 aliphatic rings. The smallest absolute Gasteiger partial charge is 0.142 e. The second kappa shape index (κ2) is 8.49. The Labute approximate surface area is 115 Å². The quantitative estimate of drug-likeness (QED) is 0.661. The summed E-state index contributed by atoms with van der Waals surface area (Å²) in [5, 5.41) is 3.60. The maximum atomic E-state index is 13.2. The number of nitrogens with one attached hydrogen (secondary N) is 1. The number of benzene rings is 1. The van der Waals surface area contributed by atoms with E-state index >= 15 is 0 Å². The van der Waals surface area contributed by atoms with E-state index in [0.717, 1.165) is 5.56 Å². The van der Waals surface area contributed by atoms with Crippen molar-refractivity contribution in [1.29, 1.82) is 0 Å². The fourth-order valence-corrected chi connectivity index (χ4v) is 2.04. The number of hydrogen-bond donors (Lipinski definition) is 1. The zero-order chi connectivity index (χ0) is 13.4.